The lowest BCUT2D eigenvalue weighted by molar-refractivity contribution is -0.115. The number of ether oxygens (including phenoxy) is 1. The Morgan fingerprint density at radius 1 is 0.971 bits per heavy atom. The molecule has 0 unspecified atom stereocenters. The third-order valence-corrected chi connectivity index (χ3v) is 6.91. The van der Waals surface area contributed by atoms with Crippen molar-refractivity contribution in [2.24, 2.45) is 4.99 Å². The minimum absolute atomic E-state index is 0.190. The molecule has 1 amide bonds. The molecule has 4 aromatic rings. The lowest BCUT2D eigenvalue weighted by Crippen LogP contribution is -2.19. The van der Waals surface area contributed by atoms with E-state index in [1.54, 1.807) is 12.1 Å². The van der Waals surface area contributed by atoms with Crippen LogP contribution < -0.4 is 10.1 Å². The van der Waals surface area contributed by atoms with Crippen LogP contribution in [-0.4, -0.2) is 11.1 Å². The summed E-state index contributed by atoms with van der Waals surface area (Å²) in [5.41, 5.74) is 2.64. The first kappa shape index (κ1) is 22.7. The van der Waals surface area contributed by atoms with Crippen molar-refractivity contribution in [3.05, 3.63) is 110 Å². The predicted octanol–water partition coefficient (Wildman–Crippen LogP) is 7.73. The van der Waals surface area contributed by atoms with Crippen LogP contribution in [-0.2, 0) is 11.4 Å². The number of rotatable bonds is 5. The van der Waals surface area contributed by atoms with Crippen LogP contribution in [0, 0.1) is 0 Å². The number of benzene rings is 4. The number of hydrogen-bond donors (Lipinski definition) is 1. The quantitative estimate of drug-likeness (QED) is 0.259. The summed E-state index contributed by atoms with van der Waals surface area (Å²) >= 11 is 10.7. The second-order valence-corrected chi connectivity index (χ2v) is 9.95. The Balaban J connectivity index is 1.47. The summed E-state index contributed by atoms with van der Waals surface area (Å²) in [6.45, 7) is 0.421. The van der Waals surface area contributed by atoms with E-state index < -0.39 is 0 Å². The summed E-state index contributed by atoms with van der Waals surface area (Å²) < 4.78 is 7.23. The number of nitrogens with zero attached hydrogens (tertiary/aromatic N) is 1. The summed E-state index contributed by atoms with van der Waals surface area (Å²) in [6, 6.07) is 27.2. The zero-order valence-corrected chi connectivity index (χ0v) is 21.0. The second kappa shape index (κ2) is 10.1. The van der Waals surface area contributed by atoms with Gasteiger partial charge in [-0.3, -0.25) is 4.79 Å². The van der Waals surface area contributed by atoms with Crippen LogP contribution in [0.4, 0.5) is 5.69 Å². The first-order chi connectivity index (χ1) is 16.5. The van der Waals surface area contributed by atoms with Crippen molar-refractivity contribution in [1.82, 2.24) is 5.32 Å². The van der Waals surface area contributed by atoms with Crippen LogP contribution in [0.3, 0.4) is 0 Å². The van der Waals surface area contributed by atoms with Crippen molar-refractivity contribution in [2.45, 2.75) is 6.61 Å². The molecule has 1 saturated heterocycles. The molecule has 0 aromatic heterocycles. The van der Waals surface area contributed by atoms with E-state index in [0.29, 0.717) is 27.5 Å². The van der Waals surface area contributed by atoms with Crippen molar-refractivity contribution in [1.29, 1.82) is 0 Å². The van der Waals surface area contributed by atoms with Gasteiger partial charge in [-0.05, 0) is 76.6 Å². The number of carbonyl (C=O) groups is 1. The number of thioether (sulfide) groups is 1. The summed E-state index contributed by atoms with van der Waals surface area (Å²) in [7, 11) is 0. The van der Waals surface area contributed by atoms with Gasteiger partial charge in [-0.25, -0.2) is 4.99 Å². The summed E-state index contributed by atoms with van der Waals surface area (Å²) in [5.74, 6) is 0.523. The fourth-order valence-electron chi connectivity index (χ4n) is 3.54. The fraction of sp³-hybridized carbons (Fsp3) is 0.0370. The maximum atomic E-state index is 12.7. The Bertz CT molecular complexity index is 1430. The van der Waals surface area contributed by atoms with Crippen LogP contribution in [0.25, 0.3) is 16.8 Å². The van der Waals surface area contributed by atoms with Crippen molar-refractivity contribution in [3.63, 3.8) is 0 Å². The molecule has 7 heteroatoms. The molecule has 0 bridgehead atoms. The number of halogens is 2. The van der Waals surface area contributed by atoms with Gasteiger partial charge < -0.3 is 10.1 Å². The Morgan fingerprint density at radius 3 is 2.53 bits per heavy atom. The van der Waals surface area contributed by atoms with Gasteiger partial charge in [0.05, 0.1) is 10.6 Å². The second-order valence-electron chi connectivity index (χ2n) is 7.57. The molecule has 1 fully saturated rings. The van der Waals surface area contributed by atoms with E-state index in [2.05, 4.69) is 26.2 Å². The maximum absolute atomic E-state index is 12.7. The van der Waals surface area contributed by atoms with Gasteiger partial charge in [0.2, 0.25) is 0 Å². The SMILES string of the molecule is O=C1NC(=Nc2ccc(Cl)cc2)S/C1=C\c1c(OCc2ccc(Br)cc2)ccc2ccccc12. The van der Waals surface area contributed by atoms with Gasteiger partial charge >= 0.3 is 0 Å². The highest BCUT2D eigenvalue weighted by molar-refractivity contribution is 9.10. The first-order valence-corrected chi connectivity index (χ1v) is 12.5. The molecule has 168 valence electrons. The van der Waals surface area contributed by atoms with E-state index in [-0.39, 0.29) is 5.91 Å². The number of fused-ring (bicyclic) bond motifs is 1. The smallest absolute Gasteiger partial charge is 0.264 e. The van der Waals surface area contributed by atoms with Gasteiger partial charge in [0.25, 0.3) is 5.91 Å². The molecular weight excluding hydrogens is 532 g/mol. The van der Waals surface area contributed by atoms with Gasteiger partial charge in [-0.1, -0.05) is 70.0 Å². The third kappa shape index (κ3) is 5.20. The number of hydrogen-bond acceptors (Lipinski definition) is 4. The summed E-state index contributed by atoms with van der Waals surface area (Å²) in [6.07, 6.45) is 1.88. The van der Waals surface area contributed by atoms with Crippen molar-refractivity contribution in [3.8, 4) is 5.75 Å². The molecule has 0 atom stereocenters. The third-order valence-electron chi connectivity index (χ3n) is 5.22. The Kier molecular flexibility index (Phi) is 6.72. The number of carbonyl (C=O) groups excluding carboxylic acids is 1. The first-order valence-electron chi connectivity index (χ1n) is 10.5. The molecular formula is C27H18BrClN2O2S. The highest BCUT2D eigenvalue weighted by Gasteiger charge is 2.25. The van der Waals surface area contributed by atoms with Crippen LogP contribution in [0.1, 0.15) is 11.1 Å². The lowest BCUT2D eigenvalue weighted by Gasteiger charge is -2.13. The van der Waals surface area contributed by atoms with E-state index >= 15 is 0 Å². The zero-order valence-electron chi connectivity index (χ0n) is 17.8. The van der Waals surface area contributed by atoms with Gasteiger partial charge in [0.15, 0.2) is 5.17 Å². The number of amidine groups is 1. The molecule has 5 rings (SSSR count). The molecule has 1 aliphatic heterocycles. The molecule has 4 nitrogen and oxygen atoms in total. The van der Waals surface area contributed by atoms with Gasteiger partial charge in [-0.2, -0.15) is 0 Å². The molecule has 34 heavy (non-hydrogen) atoms. The molecule has 1 heterocycles. The lowest BCUT2D eigenvalue weighted by atomic mass is 10.0. The number of nitrogens with one attached hydrogen (secondary N) is 1. The zero-order chi connectivity index (χ0) is 23.5. The van der Waals surface area contributed by atoms with E-state index in [4.69, 9.17) is 16.3 Å². The largest absolute Gasteiger partial charge is 0.488 e. The minimum Gasteiger partial charge on any atom is -0.488 e. The van der Waals surface area contributed by atoms with Crippen molar-refractivity contribution in [2.75, 3.05) is 0 Å². The maximum Gasteiger partial charge on any atom is 0.264 e. The van der Waals surface area contributed by atoms with Gasteiger partial charge in [0, 0.05) is 15.1 Å². The monoisotopic (exact) mass is 548 g/mol. The molecule has 0 aliphatic carbocycles. The standard InChI is InChI=1S/C27H18BrClN2O2S/c28-19-8-5-17(6-9-19)16-33-24-14-7-18-3-1-2-4-22(18)23(24)15-25-26(32)31-27(34-25)30-21-12-10-20(29)11-13-21/h1-15H,16H2,(H,30,31,32)/b25-15-. The predicted molar refractivity (Wildman–Crippen MR) is 145 cm³/mol. The van der Waals surface area contributed by atoms with Gasteiger partial charge in [-0.15, -0.1) is 0 Å². The molecule has 1 N–H and O–H groups in total. The molecule has 0 saturated carbocycles. The highest BCUT2D eigenvalue weighted by Crippen LogP contribution is 2.35. The van der Waals surface area contributed by atoms with E-state index in [0.717, 1.165) is 32.1 Å². The van der Waals surface area contributed by atoms with Crippen LogP contribution in [0.2, 0.25) is 5.02 Å². The van der Waals surface area contributed by atoms with Crippen LogP contribution in [0.5, 0.6) is 5.75 Å². The Hall–Kier alpha value is -3.06. The van der Waals surface area contributed by atoms with Crippen molar-refractivity contribution >= 4 is 72.9 Å². The van der Waals surface area contributed by atoms with E-state index in [1.165, 1.54) is 11.8 Å². The average Bonchev–Trinajstić information content (AvgIpc) is 3.19. The van der Waals surface area contributed by atoms with Crippen LogP contribution in [0.15, 0.2) is 99.3 Å². The average molecular weight is 550 g/mol. The normalized spacial score (nSPS) is 15.8. The van der Waals surface area contributed by atoms with Crippen LogP contribution >= 0.6 is 39.3 Å². The van der Waals surface area contributed by atoms with E-state index in [1.807, 2.05) is 78.9 Å². The topological polar surface area (TPSA) is 50.7 Å². The van der Waals surface area contributed by atoms with Crippen molar-refractivity contribution < 1.29 is 9.53 Å². The summed E-state index contributed by atoms with van der Waals surface area (Å²) in [4.78, 5) is 17.8. The molecule has 1 aliphatic rings. The highest BCUT2D eigenvalue weighted by atomic mass is 79.9. The van der Waals surface area contributed by atoms with Gasteiger partial charge in [0.1, 0.15) is 12.4 Å². The fourth-order valence-corrected chi connectivity index (χ4v) is 4.75. The molecule has 0 radical (unpaired) electrons. The minimum atomic E-state index is -0.190. The molecule has 4 aromatic carbocycles. The number of aliphatic imine (C=N–C) groups is 1. The summed E-state index contributed by atoms with van der Waals surface area (Å²) in [5, 5.41) is 6.09. The molecule has 0 spiro atoms. The van der Waals surface area contributed by atoms with E-state index in [9.17, 15) is 4.79 Å². The number of amides is 1. The Labute approximate surface area is 214 Å². The Morgan fingerprint density at radius 2 is 1.74 bits per heavy atom.